The molecule has 162 valence electrons. The fraction of sp³-hybridized carbons (Fsp3) is 0.192. The largest absolute Gasteiger partial charge is 0.322 e. The number of benzene rings is 3. The van der Waals surface area contributed by atoms with Gasteiger partial charge < -0.3 is 10.2 Å². The topological polar surface area (TPSA) is 67.2 Å². The molecule has 0 spiro atoms. The Kier molecular flexibility index (Phi) is 5.77. The molecular weight excluding hydrogens is 400 g/mol. The SMILES string of the molecule is Cc1ccccc1NC(=O)N(C)C(C)c1nc2ccccc2c(=O)n1-c1ccccc1C. The maximum atomic E-state index is 13.5. The monoisotopic (exact) mass is 426 g/mol. The van der Waals surface area contributed by atoms with Gasteiger partial charge in [0.05, 0.1) is 22.6 Å². The number of fused-ring (bicyclic) bond motifs is 1. The Hall–Kier alpha value is -3.93. The van der Waals surface area contributed by atoms with Crippen LogP contribution in [0.2, 0.25) is 0 Å². The number of hydrogen-bond acceptors (Lipinski definition) is 3. The zero-order valence-electron chi connectivity index (χ0n) is 18.7. The third-order valence-electron chi connectivity index (χ3n) is 5.82. The number of para-hydroxylation sites is 3. The third kappa shape index (κ3) is 3.87. The molecule has 1 N–H and O–H groups in total. The average Bonchev–Trinajstić information content (AvgIpc) is 2.80. The van der Waals surface area contributed by atoms with Gasteiger partial charge in [0.25, 0.3) is 5.56 Å². The Morgan fingerprint density at radius 3 is 2.28 bits per heavy atom. The number of rotatable bonds is 4. The number of carbonyl (C=O) groups excluding carboxylic acids is 1. The standard InChI is InChI=1S/C26H26N4O2/c1-17-11-5-8-14-21(17)28-26(32)29(4)19(3)24-27-22-15-9-7-13-20(22)25(31)30(24)23-16-10-6-12-18(23)2/h5-16,19H,1-4H3,(H,28,32). The van der Waals surface area contributed by atoms with E-state index in [4.69, 9.17) is 4.98 Å². The van der Waals surface area contributed by atoms with Crippen molar-refractivity contribution < 1.29 is 4.79 Å². The van der Waals surface area contributed by atoms with E-state index in [0.29, 0.717) is 16.7 Å². The molecule has 4 aromatic rings. The minimum Gasteiger partial charge on any atom is -0.318 e. The highest BCUT2D eigenvalue weighted by Gasteiger charge is 2.25. The minimum atomic E-state index is -0.462. The van der Waals surface area contributed by atoms with Gasteiger partial charge in [-0.1, -0.05) is 48.5 Å². The molecule has 6 nitrogen and oxygen atoms in total. The first-order valence-corrected chi connectivity index (χ1v) is 10.6. The maximum absolute atomic E-state index is 13.5. The van der Waals surface area contributed by atoms with Gasteiger partial charge in [-0.2, -0.15) is 0 Å². The number of amides is 2. The van der Waals surface area contributed by atoms with Gasteiger partial charge in [-0.15, -0.1) is 0 Å². The van der Waals surface area contributed by atoms with Crippen LogP contribution < -0.4 is 10.9 Å². The van der Waals surface area contributed by atoms with E-state index in [9.17, 15) is 9.59 Å². The van der Waals surface area contributed by atoms with Gasteiger partial charge in [0.2, 0.25) is 0 Å². The van der Waals surface area contributed by atoms with Crippen LogP contribution in [0, 0.1) is 13.8 Å². The Bertz CT molecular complexity index is 1360. The molecule has 6 heteroatoms. The summed E-state index contributed by atoms with van der Waals surface area (Å²) >= 11 is 0. The van der Waals surface area contributed by atoms with E-state index in [-0.39, 0.29) is 11.6 Å². The second-order valence-corrected chi connectivity index (χ2v) is 7.95. The fourth-order valence-corrected chi connectivity index (χ4v) is 3.74. The number of aryl methyl sites for hydroxylation is 2. The zero-order chi connectivity index (χ0) is 22.8. The van der Waals surface area contributed by atoms with Crippen molar-refractivity contribution in [3.05, 3.63) is 100 Å². The summed E-state index contributed by atoms with van der Waals surface area (Å²) in [6.07, 6.45) is 0. The molecule has 0 fully saturated rings. The van der Waals surface area contributed by atoms with E-state index >= 15 is 0 Å². The minimum absolute atomic E-state index is 0.153. The summed E-state index contributed by atoms with van der Waals surface area (Å²) in [6.45, 7) is 5.78. The number of nitrogens with zero attached hydrogens (tertiary/aromatic N) is 3. The molecule has 1 aromatic heterocycles. The maximum Gasteiger partial charge on any atom is 0.322 e. The van der Waals surface area contributed by atoms with Crippen LogP contribution in [0.4, 0.5) is 10.5 Å². The molecule has 0 radical (unpaired) electrons. The van der Waals surface area contributed by atoms with E-state index in [0.717, 1.165) is 22.5 Å². The highest BCUT2D eigenvalue weighted by atomic mass is 16.2. The molecular formula is C26H26N4O2. The van der Waals surface area contributed by atoms with Crippen molar-refractivity contribution in [2.45, 2.75) is 26.8 Å². The van der Waals surface area contributed by atoms with E-state index in [1.165, 1.54) is 0 Å². The average molecular weight is 427 g/mol. The highest BCUT2D eigenvalue weighted by Crippen LogP contribution is 2.24. The molecule has 0 aliphatic carbocycles. The third-order valence-corrected chi connectivity index (χ3v) is 5.82. The summed E-state index contributed by atoms with van der Waals surface area (Å²) in [6, 6.07) is 21.9. The Balaban J connectivity index is 1.81. The van der Waals surface area contributed by atoms with Gasteiger partial charge in [-0.25, -0.2) is 9.78 Å². The highest BCUT2D eigenvalue weighted by molar-refractivity contribution is 5.90. The molecule has 0 saturated carbocycles. The number of urea groups is 1. The van der Waals surface area contributed by atoms with Crippen molar-refractivity contribution in [2.24, 2.45) is 0 Å². The number of carbonyl (C=O) groups is 1. The van der Waals surface area contributed by atoms with Crippen LogP contribution in [0.15, 0.2) is 77.6 Å². The first kappa shape index (κ1) is 21.3. The molecule has 0 bridgehead atoms. The lowest BCUT2D eigenvalue weighted by molar-refractivity contribution is 0.205. The van der Waals surface area contributed by atoms with Crippen LogP contribution in [0.3, 0.4) is 0 Å². The van der Waals surface area contributed by atoms with Crippen LogP contribution in [-0.4, -0.2) is 27.5 Å². The van der Waals surface area contributed by atoms with Crippen LogP contribution in [0.1, 0.15) is 29.9 Å². The second kappa shape index (κ2) is 8.67. The molecule has 2 amide bonds. The smallest absolute Gasteiger partial charge is 0.318 e. The van der Waals surface area contributed by atoms with Gasteiger partial charge >= 0.3 is 6.03 Å². The van der Waals surface area contributed by atoms with Crippen molar-refractivity contribution in [2.75, 3.05) is 12.4 Å². The quantitative estimate of drug-likeness (QED) is 0.486. The van der Waals surface area contributed by atoms with Crippen LogP contribution in [0.25, 0.3) is 16.6 Å². The van der Waals surface area contributed by atoms with E-state index in [1.54, 1.807) is 22.6 Å². The first-order chi connectivity index (χ1) is 15.4. The summed E-state index contributed by atoms with van der Waals surface area (Å²) in [5.41, 5.74) is 3.88. The zero-order valence-corrected chi connectivity index (χ0v) is 18.7. The van der Waals surface area contributed by atoms with Gasteiger partial charge in [0.1, 0.15) is 5.82 Å². The summed E-state index contributed by atoms with van der Waals surface area (Å²) in [5.74, 6) is 0.505. The summed E-state index contributed by atoms with van der Waals surface area (Å²) in [5, 5.41) is 3.50. The summed E-state index contributed by atoms with van der Waals surface area (Å²) in [7, 11) is 1.71. The van der Waals surface area contributed by atoms with Crippen molar-refractivity contribution in [3.8, 4) is 5.69 Å². The Morgan fingerprint density at radius 2 is 1.56 bits per heavy atom. The lowest BCUT2D eigenvalue weighted by Crippen LogP contribution is -2.37. The van der Waals surface area contributed by atoms with E-state index < -0.39 is 6.04 Å². The second-order valence-electron chi connectivity index (χ2n) is 7.95. The van der Waals surface area contributed by atoms with E-state index in [1.807, 2.05) is 87.5 Å². The van der Waals surface area contributed by atoms with Crippen LogP contribution in [0.5, 0.6) is 0 Å². The molecule has 0 aliphatic rings. The summed E-state index contributed by atoms with van der Waals surface area (Å²) < 4.78 is 1.62. The number of nitrogens with one attached hydrogen (secondary N) is 1. The Labute approximate surface area is 187 Å². The number of hydrogen-bond donors (Lipinski definition) is 1. The predicted molar refractivity (Wildman–Crippen MR) is 128 cm³/mol. The van der Waals surface area contributed by atoms with Crippen LogP contribution >= 0.6 is 0 Å². The number of aromatic nitrogens is 2. The molecule has 0 saturated heterocycles. The molecule has 32 heavy (non-hydrogen) atoms. The first-order valence-electron chi connectivity index (χ1n) is 10.6. The normalized spacial score (nSPS) is 11.9. The predicted octanol–water partition coefficient (Wildman–Crippen LogP) is 5.23. The summed E-state index contributed by atoms with van der Waals surface area (Å²) in [4.78, 5) is 33.0. The van der Waals surface area contributed by atoms with Crippen molar-refractivity contribution in [1.29, 1.82) is 0 Å². The molecule has 1 heterocycles. The molecule has 4 rings (SSSR count). The Morgan fingerprint density at radius 1 is 0.938 bits per heavy atom. The van der Waals surface area contributed by atoms with Crippen LogP contribution in [-0.2, 0) is 0 Å². The van der Waals surface area contributed by atoms with Crippen molar-refractivity contribution in [3.63, 3.8) is 0 Å². The molecule has 3 aromatic carbocycles. The van der Waals surface area contributed by atoms with Gasteiger partial charge in [0.15, 0.2) is 0 Å². The lowest BCUT2D eigenvalue weighted by atomic mass is 10.1. The van der Waals surface area contributed by atoms with Crippen molar-refractivity contribution in [1.82, 2.24) is 14.5 Å². The molecule has 1 atom stereocenters. The lowest BCUT2D eigenvalue weighted by Gasteiger charge is -2.27. The van der Waals surface area contributed by atoms with Gasteiger partial charge in [-0.3, -0.25) is 9.36 Å². The fourth-order valence-electron chi connectivity index (χ4n) is 3.74. The number of anilines is 1. The van der Waals surface area contributed by atoms with Crippen molar-refractivity contribution >= 4 is 22.6 Å². The molecule has 1 unspecified atom stereocenters. The van der Waals surface area contributed by atoms with Gasteiger partial charge in [0, 0.05) is 12.7 Å². The van der Waals surface area contributed by atoms with E-state index in [2.05, 4.69) is 5.32 Å². The van der Waals surface area contributed by atoms with Gasteiger partial charge in [-0.05, 0) is 56.2 Å². The molecule has 0 aliphatic heterocycles.